The number of nitriles is 1. The third kappa shape index (κ3) is 3.45. The van der Waals surface area contributed by atoms with E-state index in [0.29, 0.717) is 12.2 Å². The Morgan fingerprint density at radius 2 is 1.92 bits per heavy atom. The van der Waals surface area contributed by atoms with Crippen LogP contribution in [0, 0.1) is 11.3 Å². The Kier molecular flexibility index (Phi) is 4.65. The van der Waals surface area contributed by atoms with Crippen LogP contribution in [0.25, 0.3) is 10.9 Å². The summed E-state index contributed by atoms with van der Waals surface area (Å²) in [6.07, 6.45) is 5.68. The van der Waals surface area contributed by atoms with Crippen LogP contribution in [0.3, 0.4) is 0 Å². The molecule has 3 aromatic rings. The van der Waals surface area contributed by atoms with Crippen LogP contribution in [0.1, 0.15) is 30.5 Å². The summed E-state index contributed by atoms with van der Waals surface area (Å²) >= 11 is 0. The average molecular weight is 343 g/mol. The van der Waals surface area contributed by atoms with E-state index in [1.54, 1.807) is 0 Å². The number of hydrogen-bond acceptors (Lipinski definition) is 5. The highest BCUT2D eigenvalue weighted by Crippen LogP contribution is 2.24. The zero-order chi connectivity index (χ0) is 17.8. The van der Waals surface area contributed by atoms with Crippen molar-refractivity contribution in [2.75, 3.05) is 23.3 Å². The molecule has 5 heteroatoms. The number of piperidine rings is 1. The fourth-order valence-corrected chi connectivity index (χ4v) is 3.44. The Morgan fingerprint density at radius 1 is 1.08 bits per heavy atom. The van der Waals surface area contributed by atoms with Gasteiger partial charge in [-0.1, -0.05) is 18.2 Å². The minimum Gasteiger partial charge on any atom is -0.380 e. The third-order valence-electron chi connectivity index (χ3n) is 4.80. The number of anilines is 2. The van der Waals surface area contributed by atoms with E-state index in [2.05, 4.69) is 32.3 Å². The third-order valence-corrected chi connectivity index (χ3v) is 4.80. The molecule has 0 amide bonds. The molecule has 1 fully saturated rings. The minimum absolute atomic E-state index is 0.426. The fraction of sp³-hybridized carbons (Fsp3) is 0.286. The first-order chi connectivity index (χ1) is 12.8. The van der Waals surface area contributed by atoms with E-state index in [9.17, 15) is 5.26 Å². The van der Waals surface area contributed by atoms with E-state index >= 15 is 0 Å². The fourth-order valence-electron chi connectivity index (χ4n) is 3.44. The summed E-state index contributed by atoms with van der Waals surface area (Å²) in [4.78, 5) is 11.3. The van der Waals surface area contributed by atoms with Gasteiger partial charge >= 0.3 is 0 Å². The van der Waals surface area contributed by atoms with E-state index in [4.69, 9.17) is 0 Å². The summed E-state index contributed by atoms with van der Waals surface area (Å²) in [5.74, 6) is 1.06. The van der Waals surface area contributed by atoms with Gasteiger partial charge in [-0.3, -0.25) is 0 Å². The number of nitrogens with one attached hydrogen (secondary N) is 1. The van der Waals surface area contributed by atoms with Crippen LogP contribution in [0.4, 0.5) is 11.5 Å². The predicted octanol–water partition coefficient (Wildman–Crippen LogP) is 4.10. The molecule has 130 valence electrons. The second-order valence-corrected chi connectivity index (χ2v) is 6.61. The van der Waals surface area contributed by atoms with Crippen molar-refractivity contribution in [3.63, 3.8) is 0 Å². The summed E-state index contributed by atoms with van der Waals surface area (Å²) in [5.41, 5.74) is 3.37. The highest BCUT2D eigenvalue weighted by Gasteiger charge is 2.12. The Hall–Kier alpha value is -3.13. The zero-order valence-electron chi connectivity index (χ0n) is 14.7. The van der Waals surface area contributed by atoms with E-state index in [1.807, 2.05) is 42.6 Å². The lowest BCUT2D eigenvalue weighted by atomic mass is 10.1. The number of para-hydroxylation sites is 1. The van der Waals surface area contributed by atoms with Crippen molar-refractivity contribution >= 4 is 22.4 Å². The van der Waals surface area contributed by atoms with Gasteiger partial charge in [-0.15, -0.1) is 0 Å². The molecule has 4 rings (SSSR count). The molecule has 0 saturated carbocycles. The van der Waals surface area contributed by atoms with Gasteiger partial charge in [0, 0.05) is 36.9 Å². The van der Waals surface area contributed by atoms with Crippen molar-refractivity contribution in [1.29, 1.82) is 5.26 Å². The van der Waals surface area contributed by atoms with Crippen molar-refractivity contribution in [3.05, 3.63) is 59.9 Å². The number of pyridine rings is 2. The van der Waals surface area contributed by atoms with Gasteiger partial charge in [-0.25, -0.2) is 9.97 Å². The van der Waals surface area contributed by atoms with Crippen LogP contribution >= 0.6 is 0 Å². The highest BCUT2D eigenvalue weighted by molar-refractivity contribution is 5.91. The largest absolute Gasteiger partial charge is 0.380 e. The second-order valence-electron chi connectivity index (χ2n) is 6.61. The maximum Gasteiger partial charge on any atom is 0.143 e. The van der Waals surface area contributed by atoms with Gasteiger partial charge in [0.15, 0.2) is 0 Å². The number of nitrogens with zero attached hydrogens (tertiary/aromatic N) is 4. The van der Waals surface area contributed by atoms with Crippen LogP contribution in [-0.2, 0) is 6.54 Å². The summed E-state index contributed by atoms with van der Waals surface area (Å²) in [6.45, 7) is 2.86. The molecule has 0 unspecified atom stereocenters. The maximum absolute atomic E-state index is 9.23. The molecule has 0 radical (unpaired) electrons. The molecule has 0 aliphatic carbocycles. The molecule has 1 aliphatic heterocycles. The standard InChI is InChI=1S/C21H21N5/c22-14-17-13-20(18-6-2-3-7-19(18)25-17)24-15-16-8-9-23-21(12-16)26-10-4-1-5-11-26/h2-3,6-9,12-13H,1,4-5,10-11,15H2,(H,24,25). The first kappa shape index (κ1) is 16.3. The summed E-state index contributed by atoms with van der Waals surface area (Å²) < 4.78 is 0. The van der Waals surface area contributed by atoms with Crippen LogP contribution in [0.2, 0.25) is 0 Å². The topological polar surface area (TPSA) is 64.8 Å². The molecule has 1 saturated heterocycles. The van der Waals surface area contributed by atoms with Crippen molar-refractivity contribution in [1.82, 2.24) is 9.97 Å². The SMILES string of the molecule is N#Cc1cc(NCc2ccnc(N3CCCCC3)c2)c2ccccc2n1. The molecule has 0 bridgehead atoms. The molecular weight excluding hydrogens is 322 g/mol. The number of fused-ring (bicyclic) bond motifs is 1. The van der Waals surface area contributed by atoms with Gasteiger partial charge in [0.1, 0.15) is 17.6 Å². The zero-order valence-corrected chi connectivity index (χ0v) is 14.7. The quantitative estimate of drug-likeness (QED) is 0.772. The van der Waals surface area contributed by atoms with E-state index in [1.165, 1.54) is 24.8 Å². The second kappa shape index (κ2) is 7.40. The smallest absolute Gasteiger partial charge is 0.143 e. The Labute approximate surface area is 153 Å². The molecule has 26 heavy (non-hydrogen) atoms. The van der Waals surface area contributed by atoms with E-state index in [0.717, 1.165) is 35.5 Å². The molecule has 1 aliphatic rings. The van der Waals surface area contributed by atoms with Gasteiger partial charge < -0.3 is 10.2 Å². The van der Waals surface area contributed by atoms with Gasteiger partial charge in [0.2, 0.25) is 0 Å². The lowest BCUT2D eigenvalue weighted by molar-refractivity contribution is 0.573. The molecule has 5 nitrogen and oxygen atoms in total. The van der Waals surface area contributed by atoms with Gasteiger partial charge in [-0.2, -0.15) is 5.26 Å². The predicted molar refractivity (Wildman–Crippen MR) is 104 cm³/mol. The molecule has 1 N–H and O–H groups in total. The van der Waals surface area contributed by atoms with Gasteiger partial charge in [0.05, 0.1) is 5.52 Å². The lowest BCUT2D eigenvalue weighted by Gasteiger charge is -2.28. The lowest BCUT2D eigenvalue weighted by Crippen LogP contribution is -2.30. The summed E-state index contributed by atoms with van der Waals surface area (Å²) in [5, 5.41) is 13.7. The number of hydrogen-bond donors (Lipinski definition) is 1. The summed E-state index contributed by atoms with van der Waals surface area (Å²) in [7, 11) is 0. The minimum atomic E-state index is 0.426. The van der Waals surface area contributed by atoms with Crippen LogP contribution in [0.5, 0.6) is 0 Å². The molecular formula is C21H21N5. The van der Waals surface area contributed by atoms with Crippen LogP contribution in [-0.4, -0.2) is 23.1 Å². The molecule has 0 atom stereocenters. The van der Waals surface area contributed by atoms with Crippen LogP contribution < -0.4 is 10.2 Å². The monoisotopic (exact) mass is 343 g/mol. The Balaban J connectivity index is 1.56. The number of aromatic nitrogens is 2. The van der Waals surface area contributed by atoms with Crippen molar-refractivity contribution in [2.45, 2.75) is 25.8 Å². The average Bonchev–Trinajstić information content (AvgIpc) is 2.72. The molecule has 2 aromatic heterocycles. The first-order valence-corrected chi connectivity index (χ1v) is 9.07. The molecule has 1 aromatic carbocycles. The number of rotatable bonds is 4. The molecule has 3 heterocycles. The van der Waals surface area contributed by atoms with E-state index < -0.39 is 0 Å². The molecule has 0 spiro atoms. The van der Waals surface area contributed by atoms with E-state index in [-0.39, 0.29) is 0 Å². The summed E-state index contributed by atoms with van der Waals surface area (Å²) in [6, 6.07) is 16.0. The highest BCUT2D eigenvalue weighted by atomic mass is 15.2. The van der Waals surface area contributed by atoms with Crippen molar-refractivity contribution in [3.8, 4) is 6.07 Å². The Morgan fingerprint density at radius 3 is 2.77 bits per heavy atom. The van der Waals surface area contributed by atoms with Crippen molar-refractivity contribution < 1.29 is 0 Å². The normalized spacial score (nSPS) is 14.2. The Bertz CT molecular complexity index is 954. The van der Waals surface area contributed by atoms with Crippen molar-refractivity contribution in [2.24, 2.45) is 0 Å². The first-order valence-electron chi connectivity index (χ1n) is 9.07. The van der Waals surface area contributed by atoms with Crippen LogP contribution in [0.15, 0.2) is 48.7 Å². The number of benzene rings is 1. The van der Waals surface area contributed by atoms with Gasteiger partial charge in [-0.05, 0) is 49.1 Å². The maximum atomic E-state index is 9.23. The van der Waals surface area contributed by atoms with Gasteiger partial charge in [0.25, 0.3) is 0 Å².